The van der Waals surface area contributed by atoms with Gasteiger partial charge in [0.05, 0.1) is 5.41 Å². The van der Waals surface area contributed by atoms with E-state index in [9.17, 15) is 4.79 Å². The predicted octanol–water partition coefficient (Wildman–Crippen LogP) is 3.26. The molecule has 0 amide bonds. The van der Waals surface area contributed by atoms with E-state index in [0.29, 0.717) is 5.92 Å². The Morgan fingerprint density at radius 2 is 1.86 bits per heavy atom. The van der Waals surface area contributed by atoms with Crippen molar-refractivity contribution in [2.75, 3.05) is 13.1 Å². The Kier molecular flexibility index (Phi) is 3.33. The molecule has 0 N–H and O–H groups in total. The topological polar surface area (TPSA) is 29.5 Å². The number of esters is 1. The summed E-state index contributed by atoms with van der Waals surface area (Å²) in [7, 11) is 0. The molecule has 1 unspecified atom stereocenters. The molecule has 1 saturated carbocycles. The van der Waals surface area contributed by atoms with Crippen LogP contribution in [-0.2, 0) is 14.9 Å². The Hall–Kier alpha value is -1.61. The van der Waals surface area contributed by atoms with E-state index in [4.69, 9.17) is 4.74 Å². The summed E-state index contributed by atoms with van der Waals surface area (Å²) in [5.74, 6) is 0.487. The smallest absolute Gasteiger partial charge is 0.318 e. The molecule has 2 bridgehead atoms. The van der Waals surface area contributed by atoms with Crippen LogP contribution in [0.3, 0.4) is 0 Å². The summed E-state index contributed by atoms with van der Waals surface area (Å²) >= 11 is 0. The third-order valence-electron chi connectivity index (χ3n) is 5.85. The third-order valence-corrected chi connectivity index (χ3v) is 5.85. The molecule has 3 heterocycles. The van der Waals surface area contributed by atoms with Crippen LogP contribution in [0.25, 0.3) is 0 Å². The number of carbonyl (C=O) groups is 1. The van der Waals surface area contributed by atoms with Crippen LogP contribution < -0.4 is 0 Å². The van der Waals surface area contributed by atoms with Crippen LogP contribution in [0.15, 0.2) is 42.5 Å². The Morgan fingerprint density at radius 3 is 2.41 bits per heavy atom. The molecular weight excluding hydrogens is 274 g/mol. The molecule has 0 aromatic heterocycles. The number of rotatable bonds is 3. The van der Waals surface area contributed by atoms with Crippen LogP contribution in [0.4, 0.5) is 0 Å². The number of nitrogens with zero attached hydrogens (tertiary/aromatic N) is 1. The second-order valence-corrected chi connectivity index (χ2v) is 6.94. The molecule has 1 aromatic carbocycles. The highest BCUT2D eigenvalue weighted by Gasteiger charge is 2.49. The minimum Gasteiger partial charge on any atom is -0.442 e. The van der Waals surface area contributed by atoms with Crippen LogP contribution in [0.1, 0.15) is 37.7 Å². The largest absolute Gasteiger partial charge is 0.442 e. The lowest BCUT2D eigenvalue weighted by molar-refractivity contribution is -0.172. The first-order chi connectivity index (χ1) is 10.7. The first kappa shape index (κ1) is 14.0. The molecule has 4 aliphatic rings. The number of fused-ring (bicyclic) bond motifs is 3. The monoisotopic (exact) mass is 297 g/mol. The summed E-state index contributed by atoms with van der Waals surface area (Å²) < 4.78 is 5.99. The van der Waals surface area contributed by atoms with Gasteiger partial charge in [0.2, 0.25) is 0 Å². The van der Waals surface area contributed by atoms with Gasteiger partial charge in [0, 0.05) is 13.1 Å². The van der Waals surface area contributed by atoms with Crippen molar-refractivity contribution in [3.63, 3.8) is 0 Å². The summed E-state index contributed by atoms with van der Waals surface area (Å²) in [6.45, 7) is 6.27. The average Bonchev–Trinajstić information content (AvgIpc) is 2.51. The number of piperidine rings is 3. The second kappa shape index (κ2) is 5.24. The maximum Gasteiger partial charge on any atom is 0.318 e. The lowest BCUT2D eigenvalue weighted by Gasteiger charge is -2.48. The zero-order chi connectivity index (χ0) is 15.2. The fraction of sp³-hybridized carbons (Fsp3) is 0.526. The van der Waals surface area contributed by atoms with Gasteiger partial charge in [-0.1, -0.05) is 43.3 Å². The van der Waals surface area contributed by atoms with Crippen LogP contribution in [0.2, 0.25) is 0 Å². The van der Waals surface area contributed by atoms with Gasteiger partial charge in [-0.2, -0.15) is 0 Å². The van der Waals surface area contributed by atoms with Gasteiger partial charge in [-0.05, 0) is 42.7 Å². The minimum absolute atomic E-state index is 0.0522. The quantitative estimate of drug-likeness (QED) is 0.633. The normalized spacial score (nSPS) is 32.4. The van der Waals surface area contributed by atoms with E-state index in [-0.39, 0.29) is 12.2 Å². The van der Waals surface area contributed by atoms with Gasteiger partial charge >= 0.3 is 5.97 Å². The fourth-order valence-electron chi connectivity index (χ4n) is 4.20. The van der Waals surface area contributed by atoms with Gasteiger partial charge in [-0.15, -0.1) is 0 Å². The van der Waals surface area contributed by atoms with Gasteiger partial charge in [0.15, 0.2) is 6.23 Å². The van der Waals surface area contributed by atoms with Crippen molar-refractivity contribution in [1.82, 2.24) is 4.90 Å². The molecule has 0 radical (unpaired) electrons. The predicted molar refractivity (Wildman–Crippen MR) is 85.3 cm³/mol. The molecule has 3 saturated heterocycles. The highest BCUT2D eigenvalue weighted by Crippen LogP contribution is 2.46. The van der Waals surface area contributed by atoms with E-state index >= 15 is 0 Å². The molecule has 1 aliphatic carbocycles. The number of carbonyl (C=O) groups excluding carboxylic acids is 1. The minimum atomic E-state index is -0.417. The van der Waals surface area contributed by atoms with Crippen LogP contribution in [-0.4, -0.2) is 30.2 Å². The van der Waals surface area contributed by atoms with Gasteiger partial charge in [-0.25, -0.2) is 0 Å². The molecule has 3 heteroatoms. The Morgan fingerprint density at radius 1 is 1.18 bits per heavy atom. The third kappa shape index (κ3) is 2.03. The van der Waals surface area contributed by atoms with Crippen LogP contribution in [0, 0.1) is 5.92 Å². The number of hydrogen-bond acceptors (Lipinski definition) is 3. The molecule has 4 fully saturated rings. The Balaban J connectivity index is 1.55. The molecule has 3 aliphatic heterocycles. The number of ether oxygens (including phenoxy) is 1. The van der Waals surface area contributed by atoms with E-state index in [0.717, 1.165) is 56.3 Å². The van der Waals surface area contributed by atoms with Crippen molar-refractivity contribution < 1.29 is 9.53 Å². The van der Waals surface area contributed by atoms with Crippen LogP contribution >= 0.6 is 0 Å². The number of hydrogen-bond donors (Lipinski definition) is 0. The SMILES string of the molecule is C=C1C2CCN(CC2)C1OC(=O)C1(c2ccccc2)CCC1. The Labute approximate surface area is 132 Å². The summed E-state index contributed by atoms with van der Waals surface area (Å²) in [5.41, 5.74) is 1.79. The van der Waals surface area contributed by atoms with Gasteiger partial charge in [-0.3, -0.25) is 9.69 Å². The molecule has 1 aromatic rings. The molecule has 0 spiro atoms. The second-order valence-electron chi connectivity index (χ2n) is 6.94. The van der Waals surface area contributed by atoms with Crippen molar-refractivity contribution in [3.05, 3.63) is 48.0 Å². The summed E-state index contributed by atoms with van der Waals surface area (Å²) in [6.07, 6.45) is 5.04. The van der Waals surface area contributed by atoms with Crippen molar-refractivity contribution in [1.29, 1.82) is 0 Å². The summed E-state index contributed by atoms with van der Waals surface area (Å²) in [4.78, 5) is 15.2. The lowest BCUT2D eigenvalue weighted by Crippen LogP contribution is -2.54. The maximum absolute atomic E-state index is 12.9. The molecule has 5 rings (SSSR count). The van der Waals surface area contributed by atoms with Crippen molar-refractivity contribution >= 4 is 5.97 Å². The molecule has 3 nitrogen and oxygen atoms in total. The molecular formula is C19H23NO2. The van der Waals surface area contributed by atoms with Crippen molar-refractivity contribution in [2.24, 2.45) is 5.92 Å². The van der Waals surface area contributed by atoms with E-state index < -0.39 is 5.41 Å². The summed E-state index contributed by atoms with van der Waals surface area (Å²) in [5, 5.41) is 0. The van der Waals surface area contributed by atoms with E-state index in [1.54, 1.807) is 0 Å². The lowest BCUT2D eigenvalue weighted by atomic mass is 9.64. The van der Waals surface area contributed by atoms with Crippen LogP contribution in [0.5, 0.6) is 0 Å². The Bertz CT molecular complexity index is 583. The van der Waals surface area contributed by atoms with E-state index in [1.807, 2.05) is 18.2 Å². The summed E-state index contributed by atoms with van der Waals surface area (Å²) in [6, 6.07) is 10.1. The first-order valence-electron chi connectivity index (χ1n) is 8.40. The zero-order valence-corrected chi connectivity index (χ0v) is 13.0. The number of benzene rings is 1. The first-order valence-corrected chi connectivity index (χ1v) is 8.40. The van der Waals surface area contributed by atoms with E-state index in [2.05, 4.69) is 23.6 Å². The molecule has 1 atom stereocenters. The zero-order valence-electron chi connectivity index (χ0n) is 13.0. The van der Waals surface area contributed by atoms with Gasteiger partial charge in [0.25, 0.3) is 0 Å². The average molecular weight is 297 g/mol. The fourth-order valence-corrected chi connectivity index (χ4v) is 4.20. The standard InChI is InChI=1S/C19H23NO2/c1-14-15-8-12-20(13-9-15)17(14)22-18(21)19(10-5-11-19)16-6-3-2-4-7-16/h2-4,6-7,15,17H,1,5,8-13H2. The highest BCUT2D eigenvalue weighted by atomic mass is 16.6. The van der Waals surface area contributed by atoms with Gasteiger partial charge < -0.3 is 4.74 Å². The maximum atomic E-state index is 12.9. The van der Waals surface area contributed by atoms with E-state index in [1.165, 1.54) is 0 Å². The molecule has 116 valence electrons. The highest BCUT2D eigenvalue weighted by molar-refractivity contribution is 5.84. The van der Waals surface area contributed by atoms with Crippen molar-refractivity contribution in [2.45, 2.75) is 43.7 Å². The molecule has 22 heavy (non-hydrogen) atoms. The van der Waals surface area contributed by atoms with Gasteiger partial charge in [0.1, 0.15) is 0 Å². The van der Waals surface area contributed by atoms with Crippen molar-refractivity contribution in [3.8, 4) is 0 Å².